The Balaban J connectivity index is 1.38. The first-order chi connectivity index (χ1) is 27.2. The number of aromatic nitrogens is 1. The number of fused-ring (bicyclic) bond motifs is 3. The quantitative estimate of drug-likeness (QED) is 0.258. The van der Waals surface area contributed by atoms with Gasteiger partial charge in [-0.05, 0) is 96.3 Å². The first kappa shape index (κ1) is 42.7. The molecule has 3 fully saturated rings. The minimum absolute atomic E-state index is 0.0639. The summed E-state index contributed by atoms with van der Waals surface area (Å²) in [6, 6.07) is 2.47. The second-order valence-corrected chi connectivity index (χ2v) is 19.7. The van der Waals surface area contributed by atoms with Gasteiger partial charge in [-0.3, -0.25) is 19.1 Å². The number of carboxylic acid groups (broad SMARTS) is 1. The van der Waals surface area contributed by atoms with Crippen molar-refractivity contribution in [3.63, 3.8) is 0 Å². The van der Waals surface area contributed by atoms with Crippen LogP contribution in [0, 0.1) is 17.8 Å². The number of methoxy groups -OCH3 is 1. The van der Waals surface area contributed by atoms with E-state index in [9.17, 15) is 37.5 Å². The number of alkyl carbamates (subject to hydrolysis) is 1. The molecule has 316 valence electrons. The van der Waals surface area contributed by atoms with Gasteiger partial charge in [0.25, 0.3) is 5.91 Å². The van der Waals surface area contributed by atoms with E-state index in [1.54, 1.807) is 45.9 Å². The van der Waals surface area contributed by atoms with E-state index in [1.165, 1.54) is 18.2 Å². The fourth-order valence-electron chi connectivity index (χ4n) is 7.99. The molecule has 0 spiro atoms. The average molecular weight is 826 g/mol. The number of hydrogen-bond donors (Lipinski definition) is 4. The van der Waals surface area contributed by atoms with Crippen molar-refractivity contribution in [1.82, 2.24) is 25.2 Å². The molecule has 2 saturated carbocycles. The molecule has 17 heteroatoms. The maximum absolute atomic E-state index is 15.0. The minimum atomic E-state index is -4.04. The van der Waals surface area contributed by atoms with Gasteiger partial charge in [0.15, 0.2) is 0 Å². The van der Waals surface area contributed by atoms with E-state index in [0.717, 1.165) is 6.42 Å². The summed E-state index contributed by atoms with van der Waals surface area (Å²) in [6.07, 6.45) is 6.67. The number of carbonyl (C=O) groups excluding carboxylic acids is 4. The standard InChI is InChI=1S/C41H55N5O11S/c1-8-24-17-23(2)11-9-10-12-25-20-41(25,37(51)45-58(53,54)40(6)15-16-40)44-33(47)31-19-27(22-46(31)35(48)32(24)43-38(52)57-39(3,4)5)56-34-28-14-13-26(55-7)18-29(28)30(21-42-34)36(49)50/h10,12-14,18,21,23-25,27,31-32H,8-9,11,15-17,19-20,22H2,1-7H3,(H,43,52)(H,44,47)(H,45,51)(H,49,50)/b12-10-/t23-,24-,25?,27-,31+,32+,41?/m1/s1. The van der Waals surface area contributed by atoms with Crippen molar-refractivity contribution in [1.29, 1.82) is 0 Å². The van der Waals surface area contributed by atoms with Crippen LogP contribution in [-0.4, -0.2) is 101 Å². The molecule has 4 N–H and O–H groups in total. The summed E-state index contributed by atoms with van der Waals surface area (Å²) in [5, 5.41) is 16.2. The number of carbonyl (C=O) groups is 5. The zero-order valence-corrected chi connectivity index (χ0v) is 34.9. The topological polar surface area (TPSA) is 220 Å². The number of aromatic carboxylic acids is 1. The van der Waals surface area contributed by atoms with Crippen molar-refractivity contribution in [3.05, 3.63) is 42.1 Å². The van der Waals surface area contributed by atoms with Gasteiger partial charge >= 0.3 is 12.1 Å². The lowest BCUT2D eigenvalue weighted by atomic mass is 9.85. The van der Waals surface area contributed by atoms with Crippen LogP contribution in [0.1, 0.15) is 103 Å². The number of amides is 4. The number of hydrogen-bond acceptors (Lipinski definition) is 11. The van der Waals surface area contributed by atoms with E-state index in [-0.39, 0.29) is 42.7 Å². The van der Waals surface area contributed by atoms with E-state index in [4.69, 9.17) is 14.2 Å². The summed E-state index contributed by atoms with van der Waals surface area (Å²) in [4.78, 5) is 74.6. The molecule has 58 heavy (non-hydrogen) atoms. The van der Waals surface area contributed by atoms with Gasteiger partial charge in [0.1, 0.15) is 35.1 Å². The van der Waals surface area contributed by atoms with Gasteiger partial charge in [-0.1, -0.05) is 32.4 Å². The van der Waals surface area contributed by atoms with Crippen LogP contribution in [-0.2, 0) is 29.1 Å². The van der Waals surface area contributed by atoms with Crippen molar-refractivity contribution >= 4 is 50.6 Å². The molecule has 2 unspecified atom stereocenters. The van der Waals surface area contributed by atoms with Gasteiger partial charge in [0, 0.05) is 29.3 Å². The fraction of sp³-hybridized carbons (Fsp3) is 0.610. The molecule has 0 bridgehead atoms. The van der Waals surface area contributed by atoms with Crippen LogP contribution >= 0.6 is 0 Å². The molecule has 2 aliphatic heterocycles. The first-order valence-electron chi connectivity index (χ1n) is 19.9. The largest absolute Gasteiger partial charge is 0.497 e. The molecule has 6 rings (SSSR count). The molecule has 2 aromatic rings. The van der Waals surface area contributed by atoms with Crippen LogP contribution in [0.3, 0.4) is 0 Å². The number of allylic oxidation sites excluding steroid dienone is 1. The predicted octanol–water partition coefficient (Wildman–Crippen LogP) is 4.46. The molecule has 4 amide bonds. The van der Waals surface area contributed by atoms with Gasteiger partial charge in [-0.25, -0.2) is 23.0 Å². The van der Waals surface area contributed by atoms with Crippen molar-refractivity contribution in [2.75, 3.05) is 13.7 Å². The maximum Gasteiger partial charge on any atom is 0.408 e. The molecule has 16 nitrogen and oxygen atoms in total. The van der Waals surface area contributed by atoms with E-state index in [1.807, 2.05) is 19.1 Å². The highest BCUT2D eigenvalue weighted by atomic mass is 32.2. The molecular weight excluding hydrogens is 771 g/mol. The smallest absolute Gasteiger partial charge is 0.408 e. The molecule has 4 aliphatic rings. The number of nitrogens with one attached hydrogen (secondary N) is 3. The zero-order valence-electron chi connectivity index (χ0n) is 34.1. The average Bonchev–Trinajstić information content (AvgIpc) is 4.03. The lowest BCUT2D eigenvalue weighted by molar-refractivity contribution is -0.142. The van der Waals surface area contributed by atoms with E-state index >= 15 is 0 Å². The van der Waals surface area contributed by atoms with Gasteiger partial charge in [-0.2, -0.15) is 0 Å². The van der Waals surface area contributed by atoms with E-state index in [0.29, 0.717) is 48.6 Å². The molecule has 1 saturated heterocycles. The number of pyridine rings is 1. The normalized spacial score (nSPS) is 29.1. The third-order valence-corrected chi connectivity index (χ3v) is 14.0. The fourth-order valence-corrected chi connectivity index (χ4v) is 9.31. The molecule has 3 heterocycles. The Bertz CT molecular complexity index is 2110. The van der Waals surface area contributed by atoms with E-state index < -0.39 is 79.8 Å². The second kappa shape index (κ2) is 16.0. The highest BCUT2D eigenvalue weighted by Gasteiger charge is 2.63. The van der Waals surface area contributed by atoms with Gasteiger partial charge in [0.05, 0.1) is 24.0 Å². The lowest BCUT2D eigenvalue weighted by Crippen LogP contribution is -2.59. The molecule has 2 aliphatic carbocycles. The molecule has 1 aromatic heterocycles. The highest BCUT2D eigenvalue weighted by molar-refractivity contribution is 7.91. The van der Waals surface area contributed by atoms with Gasteiger partial charge < -0.3 is 34.9 Å². The van der Waals surface area contributed by atoms with Crippen LogP contribution < -0.4 is 24.8 Å². The summed E-state index contributed by atoms with van der Waals surface area (Å²) >= 11 is 0. The van der Waals surface area contributed by atoms with Crippen molar-refractivity contribution in [2.45, 2.75) is 127 Å². The number of carboxylic acids is 1. The Kier molecular flexibility index (Phi) is 11.8. The SMILES string of the molecule is CC[C@@H]1C[C@H](C)CC/C=C\C2CC2(C(=O)NS(=O)(=O)C2(C)CC2)NC(=O)[C@@H]2C[C@@H](Oc3ncc(C(=O)O)c4cc(OC)ccc34)CN2C(=O)[C@H]1NC(=O)OC(C)(C)C. The minimum Gasteiger partial charge on any atom is -0.497 e. The summed E-state index contributed by atoms with van der Waals surface area (Å²) < 4.78 is 44.9. The Labute approximate surface area is 338 Å². The van der Waals surface area contributed by atoms with Crippen molar-refractivity contribution in [2.24, 2.45) is 17.8 Å². The molecular formula is C41H55N5O11S. The number of rotatable bonds is 9. The summed E-state index contributed by atoms with van der Waals surface area (Å²) in [6.45, 7) is 10.6. The van der Waals surface area contributed by atoms with Crippen LogP contribution in [0.2, 0.25) is 0 Å². The Hall–Kier alpha value is -4.93. The number of benzene rings is 1. The highest BCUT2D eigenvalue weighted by Crippen LogP contribution is 2.48. The summed E-state index contributed by atoms with van der Waals surface area (Å²) in [7, 11) is -2.59. The predicted molar refractivity (Wildman–Crippen MR) is 213 cm³/mol. The third-order valence-electron chi connectivity index (χ3n) is 11.8. The number of ether oxygens (including phenoxy) is 3. The maximum atomic E-state index is 15.0. The van der Waals surface area contributed by atoms with Crippen molar-refractivity contribution in [3.8, 4) is 11.6 Å². The molecule has 0 radical (unpaired) electrons. The van der Waals surface area contributed by atoms with Crippen LogP contribution in [0.5, 0.6) is 11.6 Å². The lowest BCUT2D eigenvalue weighted by Gasteiger charge is -2.34. The van der Waals surface area contributed by atoms with Crippen LogP contribution in [0.4, 0.5) is 4.79 Å². The monoisotopic (exact) mass is 825 g/mol. The molecule has 1 aromatic carbocycles. The summed E-state index contributed by atoms with van der Waals surface area (Å²) in [5.74, 6) is -3.56. The number of sulfonamides is 1. The Morgan fingerprint density at radius 1 is 1.12 bits per heavy atom. The van der Waals surface area contributed by atoms with Gasteiger partial charge in [-0.15, -0.1) is 0 Å². The molecule has 7 atom stereocenters. The third kappa shape index (κ3) is 8.88. The zero-order chi connectivity index (χ0) is 42.4. The van der Waals surface area contributed by atoms with Crippen molar-refractivity contribution < 1.29 is 51.7 Å². The van der Waals surface area contributed by atoms with Crippen LogP contribution in [0.25, 0.3) is 10.8 Å². The van der Waals surface area contributed by atoms with E-state index in [2.05, 4.69) is 27.3 Å². The summed E-state index contributed by atoms with van der Waals surface area (Å²) in [5.41, 5.74) is -2.53. The number of nitrogens with zero attached hydrogens (tertiary/aromatic N) is 2. The second-order valence-electron chi connectivity index (χ2n) is 17.5. The Morgan fingerprint density at radius 2 is 1.84 bits per heavy atom. The van der Waals surface area contributed by atoms with Crippen LogP contribution in [0.15, 0.2) is 36.5 Å². The van der Waals surface area contributed by atoms with Gasteiger partial charge in [0.2, 0.25) is 27.7 Å². The Morgan fingerprint density at radius 3 is 2.48 bits per heavy atom. The first-order valence-corrected chi connectivity index (χ1v) is 21.4.